The summed E-state index contributed by atoms with van der Waals surface area (Å²) in [5.74, 6) is 0.901. The van der Waals surface area contributed by atoms with Crippen LogP contribution in [0.2, 0.25) is 0 Å². The van der Waals surface area contributed by atoms with Crippen LogP contribution in [0.5, 0.6) is 5.75 Å². The van der Waals surface area contributed by atoms with E-state index in [1.165, 1.54) is 0 Å². The smallest absolute Gasteiger partial charge is 0.250 e. The van der Waals surface area contributed by atoms with Crippen molar-refractivity contribution < 1.29 is 9.53 Å². The van der Waals surface area contributed by atoms with E-state index >= 15 is 0 Å². The molecule has 1 aromatic carbocycles. The summed E-state index contributed by atoms with van der Waals surface area (Å²) in [6.45, 7) is 0. The van der Waals surface area contributed by atoms with Gasteiger partial charge in [-0.25, -0.2) is 0 Å². The number of ether oxygens (including phenoxy) is 1. The first-order chi connectivity index (χ1) is 9.28. The molecule has 0 radical (unpaired) electrons. The van der Waals surface area contributed by atoms with E-state index in [0.29, 0.717) is 0 Å². The topological polar surface area (TPSA) is 50.4 Å². The number of carbonyl (C=O) groups excluding carboxylic acids is 1. The number of amides is 1. The lowest BCUT2D eigenvalue weighted by molar-refractivity contribution is -0.119. The van der Waals surface area contributed by atoms with Crippen LogP contribution in [-0.4, -0.2) is 13.0 Å². The quantitative estimate of drug-likeness (QED) is 0.855. The first-order valence-corrected chi connectivity index (χ1v) is 6.71. The lowest BCUT2D eigenvalue weighted by atomic mass is 9.93. The fourth-order valence-corrected chi connectivity index (χ4v) is 2.71. The maximum atomic E-state index is 12.1. The summed E-state index contributed by atoms with van der Waals surface area (Å²) >= 11 is 0. The fourth-order valence-electron chi connectivity index (χ4n) is 2.71. The van der Waals surface area contributed by atoms with Crippen LogP contribution in [0.3, 0.4) is 0 Å². The number of rotatable bonds is 2. The molecule has 2 N–H and O–H groups in total. The largest absolute Gasteiger partial charge is 0.497 e. The Morgan fingerprint density at radius 1 is 1.11 bits per heavy atom. The maximum Gasteiger partial charge on any atom is 0.250 e. The molecule has 100 valence electrons. The Kier molecular flexibility index (Phi) is 3.15. The van der Waals surface area contributed by atoms with Crippen molar-refractivity contribution in [3.8, 4) is 5.75 Å². The van der Waals surface area contributed by atoms with Crippen molar-refractivity contribution in [2.45, 2.75) is 31.8 Å². The van der Waals surface area contributed by atoms with Crippen LogP contribution in [0.25, 0.3) is 0 Å². The molecule has 3 rings (SSSR count). The monoisotopic (exact) mass is 258 g/mol. The molecule has 1 aliphatic heterocycles. The Morgan fingerprint density at radius 3 is 2.58 bits per heavy atom. The van der Waals surface area contributed by atoms with E-state index in [4.69, 9.17) is 4.74 Å². The highest BCUT2D eigenvalue weighted by Crippen LogP contribution is 2.29. The second-order valence-electron chi connectivity index (χ2n) is 4.99. The number of allylic oxidation sites excluding steroid dienone is 1. The van der Waals surface area contributed by atoms with E-state index in [9.17, 15) is 4.79 Å². The van der Waals surface area contributed by atoms with Crippen molar-refractivity contribution in [3.63, 3.8) is 0 Å². The molecule has 0 saturated carbocycles. The van der Waals surface area contributed by atoms with Gasteiger partial charge < -0.3 is 15.4 Å². The zero-order valence-corrected chi connectivity index (χ0v) is 11.0. The van der Waals surface area contributed by atoms with Crippen LogP contribution in [0.1, 0.15) is 37.4 Å². The van der Waals surface area contributed by atoms with Gasteiger partial charge >= 0.3 is 0 Å². The fraction of sp³-hybridized carbons (Fsp3) is 0.400. The summed E-state index contributed by atoms with van der Waals surface area (Å²) in [6.07, 6.45) is 4.02. The van der Waals surface area contributed by atoms with Crippen LogP contribution >= 0.6 is 0 Å². The Hall–Kier alpha value is -1.97. The van der Waals surface area contributed by atoms with E-state index in [2.05, 4.69) is 10.6 Å². The number of nitrogens with one attached hydrogen (secondary N) is 2. The molecule has 1 aliphatic carbocycles. The first kappa shape index (κ1) is 12.1. The van der Waals surface area contributed by atoms with E-state index in [1.807, 2.05) is 24.3 Å². The average molecular weight is 258 g/mol. The normalized spacial score (nSPS) is 22.4. The van der Waals surface area contributed by atoms with Gasteiger partial charge in [-0.2, -0.15) is 0 Å². The van der Waals surface area contributed by atoms with Gasteiger partial charge in [-0.05, 0) is 43.4 Å². The minimum Gasteiger partial charge on any atom is -0.497 e. The molecule has 2 aliphatic rings. The van der Waals surface area contributed by atoms with Gasteiger partial charge in [0.05, 0.1) is 7.11 Å². The first-order valence-electron chi connectivity index (χ1n) is 6.71. The second-order valence-corrected chi connectivity index (χ2v) is 4.99. The molecule has 1 heterocycles. The lowest BCUT2D eigenvalue weighted by Crippen LogP contribution is -2.45. The van der Waals surface area contributed by atoms with Crippen LogP contribution < -0.4 is 15.4 Å². The van der Waals surface area contributed by atoms with Gasteiger partial charge in [-0.15, -0.1) is 0 Å². The third-order valence-electron chi connectivity index (χ3n) is 3.79. The van der Waals surface area contributed by atoms with Gasteiger partial charge in [0.2, 0.25) is 0 Å². The molecule has 1 atom stereocenters. The third kappa shape index (κ3) is 2.30. The summed E-state index contributed by atoms with van der Waals surface area (Å²) in [7, 11) is 1.65. The van der Waals surface area contributed by atoms with Crippen molar-refractivity contribution in [2.24, 2.45) is 0 Å². The van der Waals surface area contributed by atoms with Crippen LogP contribution in [-0.2, 0) is 4.79 Å². The molecule has 1 unspecified atom stereocenters. The Labute approximate surface area is 112 Å². The number of benzene rings is 1. The molecular weight excluding hydrogens is 240 g/mol. The SMILES string of the molecule is COc1ccc(C2NC(=O)C3=C(CCCC3)N2)cc1. The molecule has 0 spiro atoms. The Bertz CT molecular complexity index is 519. The van der Waals surface area contributed by atoms with Crippen molar-refractivity contribution in [1.29, 1.82) is 0 Å². The van der Waals surface area contributed by atoms with Gasteiger partial charge in [-0.3, -0.25) is 4.79 Å². The van der Waals surface area contributed by atoms with E-state index in [1.54, 1.807) is 7.11 Å². The minimum atomic E-state index is -0.129. The zero-order valence-electron chi connectivity index (χ0n) is 11.0. The standard InChI is InChI=1S/C15H18N2O2/c1-19-11-8-6-10(7-9-11)14-16-13-5-3-2-4-12(13)15(18)17-14/h6-9,14,16H,2-5H2,1H3,(H,17,18). The minimum absolute atomic E-state index is 0.0780. The van der Waals surface area contributed by atoms with Crippen LogP contribution in [0.4, 0.5) is 0 Å². The van der Waals surface area contributed by atoms with E-state index in [-0.39, 0.29) is 12.1 Å². The molecule has 1 amide bonds. The van der Waals surface area contributed by atoms with Gasteiger partial charge in [0, 0.05) is 11.3 Å². The molecule has 0 aromatic heterocycles. The Morgan fingerprint density at radius 2 is 1.84 bits per heavy atom. The predicted octanol–water partition coefficient (Wildman–Crippen LogP) is 2.24. The predicted molar refractivity (Wildman–Crippen MR) is 72.5 cm³/mol. The van der Waals surface area contributed by atoms with Gasteiger partial charge in [-0.1, -0.05) is 12.1 Å². The van der Waals surface area contributed by atoms with E-state index in [0.717, 1.165) is 48.3 Å². The highest BCUT2D eigenvalue weighted by molar-refractivity contribution is 5.95. The lowest BCUT2D eigenvalue weighted by Gasteiger charge is -2.32. The maximum absolute atomic E-state index is 12.1. The number of carbonyl (C=O) groups is 1. The molecule has 0 bridgehead atoms. The second kappa shape index (κ2) is 4.96. The summed E-state index contributed by atoms with van der Waals surface area (Å²) in [5, 5.41) is 6.47. The molecule has 4 nitrogen and oxygen atoms in total. The molecule has 19 heavy (non-hydrogen) atoms. The number of hydrogen-bond acceptors (Lipinski definition) is 3. The van der Waals surface area contributed by atoms with Crippen LogP contribution in [0.15, 0.2) is 35.5 Å². The highest BCUT2D eigenvalue weighted by atomic mass is 16.5. The van der Waals surface area contributed by atoms with Crippen molar-refractivity contribution in [1.82, 2.24) is 10.6 Å². The molecule has 0 saturated heterocycles. The van der Waals surface area contributed by atoms with E-state index < -0.39 is 0 Å². The molecular formula is C15H18N2O2. The average Bonchev–Trinajstić information content (AvgIpc) is 2.47. The summed E-state index contributed by atoms with van der Waals surface area (Å²) in [4.78, 5) is 12.1. The number of hydrogen-bond donors (Lipinski definition) is 2. The van der Waals surface area contributed by atoms with Crippen LogP contribution in [0, 0.1) is 0 Å². The third-order valence-corrected chi connectivity index (χ3v) is 3.79. The summed E-state index contributed by atoms with van der Waals surface area (Å²) < 4.78 is 5.15. The summed E-state index contributed by atoms with van der Waals surface area (Å²) in [5.41, 5.74) is 3.11. The highest BCUT2D eigenvalue weighted by Gasteiger charge is 2.28. The van der Waals surface area contributed by atoms with Gasteiger partial charge in [0.25, 0.3) is 5.91 Å². The van der Waals surface area contributed by atoms with Gasteiger partial charge in [0.15, 0.2) is 0 Å². The zero-order chi connectivity index (χ0) is 13.2. The Balaban J connectivity index is 1.83. The molecule has 1 aromatic rings. The van der Waals surface area contributed by atoms with Crippen molar-refractivity contribution >= 4 is 5.91 Å². The molecule has 0 fully saturated rings. The van der Waals surface area contributed by atoms with Gasteiger partial charge in [0.1, 0.15) is 11.9 Å². The van der Waals surface area contributed by atoms with Crippen molar-refractivity contribution in [2.75, 3.05) is 7.11 Å². The summed E-state index contributed by atoms with van der Waals surface area (Å²) in [6, 6.07) is 7.78. The molecule has 4 heteroatoms. The number of methoxy groups -OCH3 is 1. The van der Waals surface area contributed by atoms with Crippen molar-refractivity contribution in [3.05, 3.63) is 41.1 Å².